The maximum absolute atomic E-state index is 12.4. The van der Waals surface area contributed by atoms with Crippen molar-refractivity contribution in [2.45, 2.75) is 18.4 Å². The number of nitrogens with zero attached hydrogens (tertiary/aromatic N) is 1. The zero-order chi connectivity index (χ0) is 15.6. The highest BCUT2D eigenvalue weighted by atomic mass is 35.5. The van der Waals surface area contributed by atoms with Crippen LogP contribution in [0.5, 0.6) is 0 Å². The molecule has 2 N–H and O–H groups in total. The van der Waals surface area contributed by atoms with E-state index in [4.69, 9.17) is 23.2 Å². The Bertz CT molecular complexity index is 762. The second-order valence-electron chi connectivity index (χ2n) is 4.33. The minimum atomic E-state index is -3.93. The SMILES string of the molecule is Cc1ccc(NS(=O)(=O)c2cc(Cl)cc(CO)c2Cl)cn1. The average Bonchev–Trinajstić information content (AvgIpc) is 2.43. The zero-order valence-electron chi connectivity index (χ0n) is 11.0. The molecule has 21 heavy (non-hydrogen) atoms. The third-order valence-corrected chi connectivity index (χ3v) is 4.88. The summed E-state index contributed by atoms with van der Waals surface area (Å²) in [5.41, 5.74) is 1.31. The first-order valence-electron chi connectivity index (χ1n) is 5.88. The summed E-state index contributed by atoms with van der Waals surface area (Å²) < 4.78 is 27.1. The Balaban J connectivity index is 2.44. The Morgan fingerprint density at radius 1 is 1.29 bits per heavy atom. The molecule has 0 bridgehead atoms. The van der Waals surface area contributed by atoms with Gasteiger partial charge in [0.25, 0.3) is 10.0 Å². The minimum absolute atomic E-state index is 0.0607. The number of pyridine rings is 1. The van der Waals surface area contributed by atoms with Gasteiger partial charge in [0.1, 0.15) is 4.90 Å². The molecule has 1 aromatic heterocycles. The second kappa shape index (κ2) is 6.19. The van der Waals surface area contributed by atoms with Gasteiger partial charge in [0, 0.05) is 10.7 Å². The predicted octanol–water partition coefficient (Wildman–Crippen LogP) is 2.99. The summed E-state index contributed by atoms with van der Waals surface area (Å²) in [4.78, 5) is 3.81. The van der Waals surface area contributed by atoms with Crippen molar-refractivity contribution in [3.63, 3.8) is 0 Å². The van der Waals surface area contributed by atoms with E-state index in [9.17, 15) is 13.5 Å². The van der Waals surface area contributed by atoms with E-state index in [1.807, 2.05) is 0 Å². The number of aliphatic hydroxyl groups is 1. The third kappa shape index (κ3) is 3.65. The first kappa shape index (κ1) is 16.0. The molecule has 0 aliphatic rings. The van der Waals surface area contributed by atoms with Crippen molar-refractivity contribution in [1.82, 2.24) is 4.98 Å². The number of aromatic nitrogens is 1. The van der Waals surface area contributed by atoms with E-state index < -0.39 is 16.6 Å². The molecule has 5 nitrogen and oxygen atoms in total. The highest BCUT2D eigenvalue weighted by Gasteiger charge is 2.21. The Morgan fingerprint density at radius 2 is 2.00 bits per heavy atom. The van der Waals surface area contributed by atoms with E-state index in [0.717, 1.165) is 5.69 Å². The monoisotopic (exact) mass is 346 g/mol. The molecule has 1 heterocycles. The van der Waals surface area contributed by atoms with Gasteiger partial charge in [-0.05, 0) is 36.8 Å². The van der Waals surface area contributed by atoms with Crippen LogP contribution in [0.15, 0.2) is 35.4 Å². The molecule has 0 atom stereocenters. The molecule has 0 aliphatic heterocycles. The summed E-state index contributed by atoms with van der Waals surface area (Å²) in [6.45, 7) is 1.38. The lowest BCUT2D eigenvalue weighted by atomic mass is 10.2. The van der Waals surface area contributed by atoms with Crippen molar-refractivity contribution in [2.75, 3.05) is 4.72 Å². The van der Waals surface area contributed by atoms with Gasteiger partial charge in [-0.25, -0.2) is 8.42 Å². The van der Waals surface area contributed by atoms with Gasteiger partial charge in [0.2, 0.25) is 0 Å². The Morgan fingerprint density at radius 3 is 2.57 bits per heavy atom. The lowest BCUT2D eigenvalue weighted by Crippen LogP contribution is -2.14. The van der Waals surface area contributed by atoms with Gasteiger partial charge < -0.3 is 5.11 Å². The van der Waals surface area contributed by atoms with Gasteiger partial charge in [-0.3, -0.25) is 9.71 Å². The lowest BCUT2D eigenvalue weighted by molar-refractivity contribution is 0.281. The zero-order valence-corrected chi connectivity index (χ0v) is 13.3. The molecular formula is C13H12Cl2N2O3S. The molecule has 0 radical (unpaired) electrons. The lowest BCUT2D eigenvalue weighted by Gasteiger charge is -2.12. The van der Waals surface area contributed by atoms with Crippen LogP contribution in [0.25, 0.3) is 0 Å². The first-order chi connectivity index (χ1) is 9.83. The van der Waals surface area contributed by atoms with Crippen LogP contribution in [0.3, 0.4) is 0 Å². The van der Waals surface area contributed by atoms with Gasteiger partial charge in [0.05, 0.1) is 23.5 Å². The number of rotatable bonds is 4. The topological polar surface area (TPSA) is 79.3 Å². The molecule has 0 unspecified atom stereocenters. The fourth-order valence-electron chi connectivity index (χ4n) is 1.67. The van der Waals surface area contributed by atoms with Crippen LogP contribution in [-0.4, -0.2) is 18.5 Å². The van der Waals surface area contributed by atoms with E-state index in [2.05, 4.69) is 9.71 Å². The second-order valence-corrected chi connectivity index (χ2v) is 6.79. The number of nitrogens with one attached hydrogen (secondary N) is 1. The van der Waals surface area contributed by atoms with E-state index in [0.29, 0.717) is 5.69 Å². The maximum atomic E-state index is 12.4. The number of aryl methyl sites for hydroxylation is 1. The maximum Gasteiger partial charge on any atom is 0.263 e. The van der Waals surface area contributed by atoms with Crippen LogP contribution in [-0.2, 0) is 16.6 Å². The molecule has 0 saturated carbocycles. The Labute approximate surface area is 132 Å². The number of anilines is 1. The van der Waals surface area contributed by atoms with Gasteiger partial charge in [-0.2, -0.15) is 0 Å². The van der Waals surface area contributed by atoms with Crippen LogP contribution in [0.4, 0.5) is 5.69 Å². The molecule has 0 fully saturated rings. The van der Waals surface area contributed by atoms with Gasteiger partial charge in [-0.1, -0.05) is 23.2 Å². The minimum Gasteiger partial charge on any atom is -0.392 e. The van der Waals surface area contributed by atoms with Crippen molar-refractivity contribution in [3.05, 3.63) is 51.8 Å². The molecule has 0 aliphatic carbocycles. The number of benzene rings is 1. The van der Waals surface area contributed by atoms with Crippen molar-refractivity contribution in [2.24, 2.45) is 0 Å². The summed E-state index contributed by atoms with van der Waals surface area (Å²) in [5.74, 6) is 0. The number of hydrogen-bond donors (Lipinski definition) is 2. The molecule has 0 saturated heterocycles. The summed E-state index contributed by atoms with van der Waals surface area (Å²) >= 11 is 11.9. The fourth-order valence-corrected chi connectivity index (χ4v) is 3.64. The summed E-state index contributed by atoms with van der Waals surface area (Å²) in [5, 5.41) is 9.30. The number of hydrogen-bond acceptors (Lipinski definition) is 4. The molecule has 112 valence electrons. The number of aliphatic hydroxyl groups excluding tert-OH is 1. The van der Waals surface area contributed by atoms with Crippen LogP contribution < -0.4 is 4.72 Å². The van der Waals surface area contributed by atoms with Crippen LogP contribution in [0.2, 0.25) is 10.0 Å². The van der Waals surface area contributed by atoms with Crippen molar-refractivity contribution in [1.29, 1.82) is 0 Å². The first-order valence-corrected chi connectivity index (χ1v) is 8.11. The standard InChI is InChI=1S/C13H12Cl2N2O3S/c1-8-2-3-11(6-16-8)17-21(19,20)12-5-10(14)4-9(7-18)13(12)15/h2-6,17-18H,7H2,1H3. The van der Waals surface area contributed by atoms with Gasteiger partial charge >= 0.3 is 0 Å². The fraction of sp³-hybridized carbons (Fsp3) is 0.154. The summed E-state index contributed by atoms with van der Waals surface area (Å²) in [6, 6.07) is 5.91. The molecule has 0 amide bonds. The molecule has 0 spiro atoms. The van der Waals surface area contributed by atoms with Crippen molar-refractivity contribution in [3.8, 4) is 0 Å². The molecule has 2 rings (SSSR count). The van der Waals surface area contributed by atoms with E-state index >= 15 is 0 Å². The largest absolute Gasteiger partial charge is 0.392 e. The molecule has 2 aromatic rings. The molecule has 1 aromatic carbocycles. The van der Waals surface area contributed by atoms with Crippen LogP contribution in [0.1, 0.15) is 11.3 Å². The van der Waals surface area contributed by atoms with Crippen LogP contribution in [0, 0.1) is 6.92 Å². The van der Waals surface area contributed by atoms with Gasteiger partial charge in [0.15, 0.2) is 0 Å². The smallest absolute Gasteiger partial charge is 0.263 e. The van der Waals surface area contributed by atoms with Crippen molar-refractivity contribution < 1.29 is 13.5 Å². The highest BCUT2D eigenvalue weighted by molar-refractivity contribution is 7.92. The van der Waals surface area contributed by atoms with E-state index in [-0.39, 0.29) is 20.5 Å². The molecule has 8 heteroatoms. The Hall–Kier alpha value is -1.34. The summed E-state index contributed by atoms with van der Waals surface area (Å²) in [7, 11) is -3.93. The summed E-state index contributed by atoms with van der Waals surface area (Å²) in [6.07, 6.45) is 1.40. The number of halogens is 2. The number of sulfonamides is 1. The van der Waals surface area contributed by atoms with E-state index in [1.54, 1.807) is 19.1 Å². The Kier molecular flexibility index (Phi) is 4.73. The predicted molar refractivity (Wildman–Crippen MR) is 82.2 cm³/mol. The molecular weight excluding hydrogens is 335 g/mol. The third-order valence-electron chi connectivity index (χ3n) is 2.70. The van der Waals surface area contributed by atoms with Crippen molar-refractivity contribution >= 4 is 38.9 Å². The van der Waals surface area contributed by atoms with Gasteiger partial charge in [-0.15, -0.1) is 0 Å². The highest BCUT2D eigenvalue weighted by Crippen LogP contribution is 2.30. The normalized spacial score (nSPS) is 11.4. The quantitative estimate of drug-likeness (QED) is 0.891. The van der Waals surface area contributed by atoms with Crippen LogP contribution >= 0.6 is 23.2 Å². The van der Waals surface area contributed by atoms with E-state index in [1.165, 1.54) is 18.3 Å². The average molecular weight is 347 g/mol.